The third-order valence-corrected chi connectivity index (χ3v) is 5.01. The minimum atomic E-state index is -0.453. The molecular formula is C21H24FN5O3. The van der Waals surface area contributed by atoms with Gasteiger partial charge in [-0.3, -0.25) is 0 Å². The van der Waals surface area contributed by atoms with Crippen molar-refractivity contribution in [2.75, 3.05) is 38.2 Å². The van der Waals surface area contributed by atoms with Gasteiger partial charge in [0, 0.05) is 31.7 Å². The van der Waals surface area contributed by atoms with E-state index in [9.17, 15) is 9.18 Å². The molecule has 1 aromatic carbocycles. The lowest BCUT2D eigenvalue weighted by molar-refractivity contribution is 0.0751. The summed E-state index contributed by atoms with van der Waals surface area (Å²) in [6.45, 7) is 6.02. The van der Waals surface area contributed by atoms with Crippen LogP contribution in [0.5, 0.6) is 5.75 Å². The summed E-state index contributed by atoms with van der Waals surface area (Å²) in [5.74, 6) is 0.455. The molecule has 9 heteroatoms. The fourth-order valence-electron chi connectivity index (χ4n) is 3.48. The van der Waals surface area contributed by atoms with Crippen molar-refractivity contribution >= 4 is 17.6 Å². The molecule has 2 aromatic heterocycles. The Balaban J connectivity index is 1.58. The third-order valence-electron chi connectivity index (χ3n) is 5.01. The Hall–Kier alpha value is -3.36. The van der Waals surface area contributed by atoms with Crippen molar-refractivity contribution in [3.05, 3.63) is 42.3 Å². The van der Waals surface area contributed by atoms with Gasteiger partial charge < -0.3 is 19.3 Å². The van der Waals surface area contributed by atoms with Crippen molar-refractivity contribution in [3.63, 3.8) is 0 Å². The number of aromatic nitrogens is 3. The van der Waals surface area contributed by atoms with E-state index in [2.05, 4.69) is 15.0 Å². The molecule has 0 saturated carbocycles. The van der Waals surface area contributed by atoms with E-state index in [0.717, 1.165) is 5.82 Å². The molecule has 158 valence electrons. The number of ether oxygens (including phenoxy) is 2. The maximum absolute atomic E-state index is 14.8. The van der Waals surface area contributed by atoms with Crippen LogP contribution in [0.25, 0.3) is 16.9 Å². The van der Waals surface area contributed by atoms with Crippen molar-refractivity contribution in [2.24, 2.45) is 0 Å². The number of piperazine rings is 1. The maximum Gasteiger partial charge on any atom is 0.410 e. The van der Waals surface area contributed by atoms with Gasteiger partial charge in [-0.25, -0.2) is 18.7 Å². The number of imidazole rings is 1. The number of carbonyl (C=O) groups is 1. The van der Waals surface area contributed by atoms with E-state index >= 15 is 0 Å². The summed E-state index contributed by atoms with van der Waals surface area (Å²) in [7, 11) is 1.43. The highest BCUT2D eigenvalue weighted by Gasteiger charge is 2.24. The van der Waals surface area contributed by atoms with Crippen LogP contribution in [0.3, 0.4) is 0 Å². The van der Waals surface area contributed by atoms with Crippen LogP contribution in [-0.4, -0.2) is 65.0 Å². The van der Waals surface area contributed by atoms with Crippen molar-refractivity contribution in [1.29, 1.82) is 0 Å². The zero-order valence-electron chi connectivity index (χ0n) is 17.2. The van der Waals surface area contributed by atoms with E-state index in [1.165, 1.54) is 7.11 Å². The summed E-state index contributed by atoms with van der Waals surface area (Å²) >= 11 is 0. The van der Waals surface area contributed by atoms with E-state index in [-0.39, 0.29) is 17.9 Å². The molecule has 1 aliphatic rings. The van der Waals surface area contributed by atoms with Gasteiger partial charge in [0.1, 0.15) is 5.82 Å². The van der Waals surface area contributed by atoms with Crippen LogP contribution in [0.15, 0.2) is 36.5 Å². The second kappa shape index (κ2) is 8.17. The number of methoxy groups -OCH3 is 1. The summed E-state index contributed by atoms with van der Waals surface area (Å²) in [5.41, 5.74) is 1.53. The van der Waals surface area contributed by atoms with Gasteiger partial charge in [-0.05, 0) is 38.1 Å². The van der Waals surface area contributed by atoms with E-state index in [4.69, 9.17) is 9.47 Å². The molecule has 0 N–H and O–H groups in total. The number of benzene rings is 1. The van der Waals surface area contributed by atoms with Crippen LogP contribution in [0.2, 0.25) is 0 Å². The van der Waals surface area contributed by atoms with Crippen LogP contribution >= 0.6 is 0 Å². The number of hydrogen-bond acceptors (Lipinski definition) is 6. The van der Waals surface area contributed by atoms with Crippen molar-refractivity contribution < 1.29 is 18.7 Å². The molecule has 0 atom stereocenters. The van der Waals surface area contributed by atoms with E-state index < -0.39 is 5.82 Å². The zero-order chi connectivity index (χ0) is 21.3. The normalized spacial score (nSPS) is 14.4. The first-order valence-electron chi connectivity index (χ1n) is 9.86. The van der Waals surface area contributed by atoms with Crippen LogP contribution < -0.4 is 9.64 Å². The maximum atomic E-state index is 14.8. The van der Waals surface area contributed by atoms with Crippen molar-refractivity contribution in [3.8, 4) is 17.0 Å². The predicted molar refractivity (Wildman–Crippen MR) is 110 cm³/mol. The first kappa shape index (κ1) is 19.9. The lowest BCUT2D eigenvalue weighted by atomic mass is 10.1. The zero-order valence-corrected chi connectivity index (χ0v) is 17.2. The lowest BCUT2D eigenvalue weighted by Gasteiger charge is -2.35. The van der Waals surface area contributed by atoms with E-state index in [1.54, 1.807) is 33.8 Å². The fraction of sp³-hybridized carbons (Fsp3) is 0.381. The largest absolute Gasteiger partial charge is 0.494 e. The number of rotatable bonds is 4. The Morgan fingerprint density at radius 2 is 1.90 bits per heavy atom. The second-order valence-corrected chi connectivity index (χ2v) is 7.33. The van der Waals surface area contributed by atoms with Crippen LogP contribution in [0.4, 0.5) is 15.0 Å². The standard InChI is InChI=1S/C21H24FN5O3/c1-14(2)30-21(28)26-11-9-25(10-12-26)19-8-7-18-23-13-16(27(18)24-19)15-5-4-6-17(29-3)20(15)22/h4-8,13-14H,9-12H2,1-3H3. The molecular weight excluding hydrogens is 389 g/mol. The average molecular weight is 413 g/mol. The molecule has 4 rings (SSSR count). The molecule has 1 aliphatic heterocycles. The molecule has 1 saturated heterocycles. The molecule has 3 heterocycles. The first-order valence-corrected chi connectivity index (χ1v) is 9.86. The number of halogens is 1. The van der Waals surface area contributed by atoms with Gasteiger partial charge in [-0.1, -0.05) is 6.07 Å². The molecule has 0 radical (unpaired) electrons. The predicted octanol–water partition coefficient (Wildman–Crippen LogP) is 3.21. The smallest absolute Gasteiger partial charge is 0.410 e. The number of fused-ring (bicyclic) bond motifs is 1. The highest BCUT2D eigenvalue weighted by molar-refractivity contribution is 5.68. The molecule has 30 heavy (non-hydrogen) atoms. The Morgan fingerprint density at radius 3 is 2.60 bits per heavy atom. The number of amides is 1. The van der Waals surface area contributed by atoms with Crippen LogP contribution in [0, 0.1) is 5.82 Å². The minimum absolute atomic E-state index is 0.142. The Kier molecular flexibility index (Phi) is 5.43. The Bertz CT molecular complexity index is 1060. The summed E-state index contributed by atoms with van der Waals surface area (Å²) < 4.78 is 26.8. The van der Waals surface area contributed by atoms with Gasteiger partial charge in [-0.2, -0.15) is 0 Å². The number of nitrogens with zero attached hydrogens (tertiary/aromatic N) is 5. The molecule has 1 fully saturated rings. The summed E-state index contributed by atoms with van der Waals surface area (Å²) in [6.07, 6.45) is 1.17. The van der Waals surface area contributed by atoms with Gasteiger partial charge in [0.25, 0.3) is 0 Å². The van der Waals surface area contributed by atoms with Gasteiger partial charge >= 0.3 is 6.09 Å². The number of carbonyl (C=O) groups excluding carboxylic acids is 1. The molecule has 1 amide bonds. The summed E-state index contributed by atoms with van der Waals surface area (Å²) in [5, 5.41) is 4.69. The van der Waals surface area contributed by atoms with Crippen molar-refractivity contribution in [2.45, 2.75) is 20.0 Å². The average Bonchev–Trinajstić information content (AvgIpc) is 3.16. The van der Waals surface area contributed by atoms with Gasteiger partial charge in [0.05, 0.1) is 25.1 Å². The SMILES string of the molecule is COc1cccc(-c2cnc3ccc(N4CCN(C(=O)OC(C)C)CC4)nn23)c1F. The number of anilines is 1. The molecule has 3 aromatic rings. The Labute approximate surface area is 173 Å². The highest BCUT2D eigenvalue weighted by Crippen LogP contribution is 2.29. The van der Waals surface area contributed by atoms with Crippen LogP contribution in [0.1, 0.15) is 13.8 Å². The summed E-state index contributed by atoms with van der Waals surface area (Å²) in [6, 6.07) is 8.72. The van der Waals surface area contributed by atoms with Crippen molar-refractivity contribution in [1.82, 2.24) is 19.5 Å². The molecule has 8 nitrogen and oxygen atoms in total. The minimum Gasteiger partial charge on any atom is -0.494 e. The highest BCUT2D eigenvalue weighted by atomic mass is 19.1. The first-order chi connectivity index (χ1) is 14.5. The number of hydrogen-bond donors (Lipinski definition) is 0. The topological polar surface area (TPSA) is 72.2 Å². The molecule has 0 aliphatic carbocycles. The van der Waals surface area contributed by atoms with E-state index in [1.807, 2.05) is 26.0 Å². The van der Waals surface area contributed by atoms with Gasteiger partial charge in [0.15, 0.2) is 17.2 Å². The molecule has 0 unspecified atom stereocenters. The van der Waals surface area contributed by atoms with Gasteiger partial charge in [-0.15, -0.1) is 5.10 Å². The summed E-state index contributed by atoms with van der Waals surface area (Å²) in [4.78, 5) is 20.2. The second-order valence-electron chi connectivity index (χ2n) is 7.33. The molecule has 0 bridgehead atoms. The lowest BCUT2D eigenvalue weighted by Crippen LogP contribution is -2.49. The van der Waals surface area contributed by atoms with Crippen LogP contribution in [-0.2, 0) is 4.74 Å². The monoisotopic (exact) mass is 413 g/mol. The quantitative estimate of drug-likeness (QED) is 0.654. The Morgan fingerprint density at radius 1 is 1.13 bits per heavy atom. The van der Waals surface area contributed by atoms with Gasteiger partial charge in [0.2, 0.25) is 0 Å². The van der Waals surface area contributed by atoms with E-state index in [0.29, 0.717) is 43.1 Å². The molecule has 0 spiro atoms. The third kappa shape index (κ3) is 3.74. The fourth-order valence-corrected chi connectivity index (χ4v) is 3.48.